The Morgan fingerprint density at radius 1 is 1.22 bits per heavy atom. The highest BCUT2D eigenvalue weighted by Crippen LogP contribution is 2.23. The number of hydrogen-bond donors (Lipinski definition) is 1. The smallest absolute Gasteiger partial charge is 0.323 e. The van der Waals surface area contributed by atoms with Gasteiger partial charge in [-0.25, -0.2) is 4.98 Å². The van der Waals surface area contributed by atoms with Crippen LogP contribution in [0.4, 0.5) is 6.01 Å². The van der Waals surface area contributed by atoms with E-state index in [2.05, 4.69) is 20.5 Å². The normalized spacial score (nSPS) is 14.0. The molecular weight excluding hydrogens is 320 g/mol. The third-order valence-corrected chi connectivity index (χ3v) is 4.03. The third-order valence-electron chi connectivity index (χ3n) is 2.99. The van der Waals surface area contributed by atoms with Crippen LogP contribution < -0.4 is 5.32 Å². The number of para-hydroxylation sites is 1. The molecule has 1 N–H and O–H groups in total. The Balaban J connectivity index is 1.52. The third kappa shape index (κ3) is 2.73. The lowest BCUT2D eigenvalue weighted by molar-refractivity contribution is 0.102. The Kier molecular flexibility index (Phi) is 3.39. The number of anilines is 1. The molecule has 0 atom stereocenters. The molecule has 3 heterocycles. The highest BCUT2D eigenvalue weighted by molar-refractivity contribution is 7.20. The van der Waals surface area contributed by atoms with Crippen LogP contribution in [0, 0.1) is 0 Å². The average molecular weight is 330 g/mol. The van der Waals surface area contributed by atoms with E-state index in [-0.39, 0.29) is 11.9 Å². The van der Waals surface area contributed by atoms with E-state index >= 15 is 0 Å². The fourth-order valence-corrected chi connectivity index (χ4v) is 2.83. The number of fused-ring (bicyclic) bond motifs is 1. The number of aromatic nitrogens is 3. The van der Waals surface area contributed by atoms with Gasteiger partial charge in [0.15, 0.2) is 5.01 Å². The SMILES string of the molecule is O=C(Nc1nnc(C2=COCCO2)o1)c1nc2ccccc2s1. The highest BCUT2D eigenvalue weighted by Gasteiger charge is 2.19. The zero-order valence-corrected chi connectivity index (χ0v) is 12.5. The molecule has 1 amide bonds. The minimum Gasteiger partial charge on any atom is -0.494 e. The van der Waals surface area contributed by atoms with E-state index < -0.39 is 5.91 Å². The zero-order valence-electron chi connectivity index (χ0n) is 11.7. The van der Waals surface area contributed by atoms with Gasteiger partial charge in [-0.15, -0.1) is 16.4 Å². The van der Waals surface area contributed by atoms with Gasteiger partial charge in [-0.3, -0.25) is 10.1 Å². The van der Waals surface area contributed by atoms with Crippen LogP contribution in [0.1, 0.15) is 15.7 Å². The fourth-order valence-electron chi connectivity index (χ4n) is 1.97. The van der Waals surface area contributed by atoms with Gasteiger partial charge in [0.05, 0.1) is 10.2 Å². The molecule has 0 bridgehead atoms. The first-order valence-corrected chi connectivity index (χ1v) is 7.56. The van der Waals surface area contributed by atoms with Gasteiger partial charge in [-0.1, -0.05) is 17.2 Å². The van der Waals surface area contributed by atoms with E-state index in [1.165, 1.54) is 17.6 Å². The highest BCUT2D eigenvalue weighted by atomic mass is 32.1. The molecule has 3 aromatic rings. The van der Waals surface area contributed by atoms with Crippen molar-refractivity contribution in [3.05, 3.63) is 41.4 Å². The summed E-state index contributed by atoms with van der Waals surface area (Å²) in [6, 6.07) is 7.49. The van der Waals surface area contributed by atoms with Crippen LogP contribution in [0.25, 0.3) is 16.0 Å². The van der Waals surface area contributed by atoms with E-state index in [4.69, 9.17) is 13.9 Å². The largest absolute Gasteiger partial charge is 0.494 e. The molecule has 0 radical (unpaired) electrons. The molecule has 2 aromatic heterocycles. The summed E-state index contributed by atoms with van der Waals surface area (Å²) >= 11 is 1.29. The summed E-state index contributed by atoms with van der Waals surface area (Å²) in [4.78, 5) is 16.5. The number of amides is 1. The molecule has 1 aromatic carbocycles. The van der Waals surface area contributed by atoms with Crippen molar-refractivity contribution in [1.82, 2.24) is 15.2 Å². The number of rotatable bonds is 3. The van der Waals surface area contributed by atoms with E-state index in [1.807, 2.05) is 24.3 Å². The second-order valence-electron chi connectivity index (χ2n) is 4.55. The Bertz CT molecular complexity index is 868. The molecular formula is C14H10N4O4S. The lowest BCUT2D eigenvalue weighted by Crippen LogP contribution is -2.11. The van der Waals surface area contributed by atoms with Crippen molar-refractivity contribution in [3.63, 3.8) is 0 Å². The van der Waals surface area contributed by atoms with Crippen molar-refractivity contribution in [2.75, 3.05) is 18.5 Å². The van der Waals surface area contributed by atoms with Crippen LogP contribution in [-0.4, -0.2) is 34.3 Å². The molecule has 8 nitrogen and oxygen atoms in total. The number of hydrogen-bond acceptors (Lipinski definition) is 8. The lowest BCUT2D eigenvalue weighted by Gasteiger charge is -2.11. The first kappa shape index (κ1) is 13.7. The Morgan fingerprint density at radius 2 is 2.13 bits per heavy atom. The number of ether oxygens (including phenoxy) is 2. The van der Waals surface area contributed by atoms with Crippen LogP contribution in [0.2, 0.25) is 0 Å². The van der Waals surface area contributed by atoms with Crippen LogP contribution >= 0.6 is 11.3 Å². The van der Waals surface area contributed by atoms with Gasteiger partial charge >= 0.3 is 6.01 Å². The second-order valence-corrected chi connectivity index (χ2v) is 5.59. The average Bonchev–Trinajstić information content (AvgIpc) is 3.22. The van der Waals surface area contributed by atoms with Gasteiger partial charge in [0.1, 0.15) is 19.5 Å². The standard InChI is InChI=1S/C14H10N4O4S/c19-11(13-15-8-3-1-2-4-10(8)23-13)16-14-18-17-12(22-14)9-7-20-5-6-21-9/h1-4,7H,5-6H2,(H,16,18,19). The number of thiazole rings is 1. The zero-order chi connectivity index (χ0) is 15.6. The van der Waals surface area contributed by atoms with Crippen molar-refractivity contribution in [3.8, 4) is 0 Å². The van der Waals surface area contributed by atoms with Gasteiger partial charge in [0.25, 0.3) is 11.8 Å². The summed E-state index contributed by atoms with van der Waals surface area (Å²) in [5.74, 6) is 0.0738. The quantitative estimate of drug-likeness (QED) is 0.786. The molecule has 0 saturated heterocycles. The molecule has 0 spiro atoms. The van der Waals surface area contributed by atoms with E-state index in [9.17, 15) is 4.79 Å². The number of nitrogens with zero attached hydrogens (tertiary/aromatic N) is 3. The molecule has 9 heteroatoms. The van der Waals surface area contributed by atoms with E-state index in [1.54, 1.807) is 0 Å². The van der Waals surface area contributed by atoms with Gasteiger partial charge in [-0.05, 0) is 12.1 Å². The molecule has 0 aliphatic carbocycles. The fraction of sp³-hybridized carbons (Fsp3) is 0.143. The maximum absolute atomic E-state index is 12.2. The molecule has 4 rings (SSSR count). The Labute approximate surface area is 133 Å². The van der Waals surface area contributed by atoms with Crippen LogP contribution in [-0.2, 0) is 9.47 Å². The van der Waals surface area contributed by atoms with Gasteiger partial charge in [0.2, 0.25) is 5.76 Å². The van der Waals surface area contributed by atoms with Gasteiger partial charge < -0.3 is 13.9 Å². The number of nitrogens with one attached hydrogen (secondary N) is 1. The van der Waals surface area contributed by atoms with Crippen molar-refractivity contribution in [2.24, 2.45) is 0 Å². The predicted octanol–water partition coefficient (Wildman–Crippen LogP) is 2.28. The van der Waals surface area contributed by atoms with Crippen molar-refractivity contribution in [1.29, 1.82) is 0 Å². The summed E-state index contributed by atoms with van der Waals surface area (Å²) in [6.45, 7) is 0.875. The molecule has 116 valence electrons. The van der Waals surface area contributed by atoms with Crippen molar-refractivity contribution in [2.45, 2.75) is 0 Å². The van der Waals surface area contributed by atoms with E-state index in [0.29, 0.717) is 24.0 Å². The first-order valence-electron chi connectivity index (χ1n) is 6.75. The maximum Gasteiger partial charge on any atom is 0.323 e. The second kappa shape index (κ2) is 5.69. The van der Waals surface area contributed by atoms with Crippen LogP contribution in [0.5, 0.6) is 0 Å². The monoisotopic (exact) mass is 330 g/mol. The molecule has 0 unspecified atom stereocenters. The Morgan fingerprint density at radius 3 is 2.96 bits per heavy atom. The van der Waals surface area contributed by atoms with Crippen LogP contribution in [0.15, 0.2) is 34.9 Å². The predicted molar refractivity (Wildman–Crippen MR) is 81.8 cm³/mol. The van der Waals surface area contributed by atoms with E-state index in [0.717, 1.165) is 10.2 Å². The summed E-state index contributed by atoms with van der Waals surface area (Å²) in [6.07, 6.45) is 1.40. The molecule has 0 saturated carbocycles. The van der Waals surface area contributed by atoms with Gasteiger partial charge in [-0.2, -0.15) is 0 Å². The number of carbonyl (C=O) groups excluding carboxylic acids is 1. The molecule has 1 aliphatic heterocycles. The first-order chi connectivity index (χ1) is 11.3. The number of benzene rings is 1. The van der Waals surface area contributed by atoms with Crippen molar-refractivity contribution >= 4 is 39.2 Å². The topological polar surface area (TPSA) is 99.4 Å². The molecule has 0 fully saturated rings. The summed E-state index contributed by atoms with van der Waals surface area (Å²) in [7, 11) is 0. The Hall–Kier alpha value is -2.94. The minimum absolute atomic E-state index is 0.0284. The molecule has 23 heavy (non-hydrogen) atoms. The number of carbonyl (C=O) groups is 1. The van der Waals surface area contributed by atoms with Crippen LogP contribution in [0.3, 0.4) is 0 Å². The van der Waals surface area contributed by atoms with Gasteiger partial charge in [0, 0.05) is 0 Å². The maximum atomic E-state index is 12.2. The summed E-state index contributed by atoms with van der Waals surface area (Å²) in [5.41, 5.74) is 0.770. The minimum atomic E-state index is -0.406. The van der Waals surface area contributed by atoms with Crippen molar-refractivity contribution < 1.29 is 18.7 Å². The lowest BCUT2D eigenvalue weighted by atomic mass is 10.3. The summed E-state index contributed by atoms with van der Waals surface area (Å²) in [5, 5.41) is 10.4. The molecule has 1 aliphatic rings. The summed E-state index contributed by atoms with van der Waals surface area (Å²) < 4.78 is 16.7.